The van der Waals surface area contributed by atoms with Crippen LogP contribution in [0.1, 0.15) is 5.89 Å². The van der Waals surface area contributed by atoms with Crippen LogP contribution in [0.3, 0.4) is 0 Å². The molecule has 0 saturated heterocycles. The molecule has 0 unspecified atom stereocenters. The van der Waals surface area contributed by atoms with Gasteiger partial charge in [-0.2, -0.15) is 0 Å². The van der Waals surface area contributed by atoms with Gasteiger partial charge in [0, 0.05) is 10.9 Å². The first kappa shape index (κ1) is 16.3. The van der Waals surface area contributed by atoms with E-state index in [1.807, 2.05) is 36.4 Å². The molecule has 0 fully saturated rings. The number of aromatic nitrogens is 3. The quantitative estimate of drug-likeness (QED) is 0.406. The molecule has 0 aliphatic rings. The van der Waals surface area contributed by atoms with Crippen LogP contribution in [0.5, 0.6) is 0 Å². The fourth-order valence-corrected chi connectivity index (χ4v) is 4.13. The Morgan fingerprint density at radius 2 is 1.80 bits per heavy atom. The largest absolute Gasteiger partial charge is 0.420 e. The summed E-state index contributed by atoms with van der Waals surface area (Å²) in [5.74, 6) is 1.56. The van der Waals surface area contributed by atoms with Gasteiger partial charge in [0.2, 0.25) is 11.8 Å². The van der Waals surface area contributed by atoms with Gasteiger partial charge < -0.3 is 4.42 Å². The molecule has 0 spiro atoms. The first-order chi connectivity index (χ1) is 12.3. The molecule has 4 rings (SSSR count). The van der Waals surface area contributed by atoms with Gasteiger partial charge in [0.05, 0.1) is 22.0 Å². The third-order valence-corrected chi connectivity index (χ3v) is 5.78. The van der Waals surface area contributed by atoms with E-state index in [2.05, 4.69) is 32.7 Å². The minimum Gasteiger partial charge on any atom is -0.420 e. The van der Waals surface area contributed by atoms with E-state index in [1.54, 1.807) is 29.2 Å². The number of rotatable bonds is 5. The van der Waals surface area contributed by atoms with E-state index in [1.165, 1.54) is 0 Å². The predicted octanol–water partition coefficient (Wildman–Crippen LogP) is 5.81. The van der Waals surface area contributed by atoms with Crippen LogP contribution in [0.2, 0.25) is 5.02 Å². The molecular weight excluding hydrogens is 374 g/mol. The molecule has 0 aliphatic carbocycles. The van der Waals surface area contributed by atoms with Gasteiger partial charge in [-0.25, -0.2) is 4.98 Å². The van der Waals surface area contributed by atoms with Crippen molar-refractivity contribution in [1.82, 2.24) is 15.2 Å². The van der Waals surface area contributed by atoms with Crippen molar-refractivity contribution in [1.29, 1.82) is 0 Å². The Bertz CT molecular complexity index is 985. The molecular formula is C18H12ClN3OS2. The maximum absolute atomic E-state index is 6.16. The van der Waals surface area contributed by atoms with Crippen molar-refractivity contribution in [3.8, 4) is 22.7 Å². The van der Waals surface area contributed by atoms with E-state index < -0.39 is 0 Å². The molecule has 0 bridgehead atoms. The fourth-order valence-electron chi connectivity index (χ4n) is 2.24. The van der Waals surface area contributed by atoms with Gasteiger partial charge >= 0.3 is 0 Å². The van der Waals surface area contributed by atoms with Crippen LogP contribution in [0.15, 0.2) is 68.7 Å². The lowest BCUT2D eigenvalue weighted by Crippen LogP contribution is -1.81. The van der Waals surface area contributed by atoms with E-state index in [-0.39, 0.29) is 0 Å². The van der Waals surface area contributed by atoms with Crippen molar-refractivity contribution in [3.63, 3.8) is 0 Å². The predicted molar refractivity (Wildman–Crippen MR) is 102 cm³/mol. The minimum absolute atomic E-state index is 0.435. The molecule has 0 aliphatic heterocycles. The van der Waals surface area contributed by atoms with E-state index in [9.17, 15) is 0 Å². The summed E-state index contributed by atoms with van der Waals surface area (Å²) in [6, 6.07) is 17.5. The highest BCUT2D eigenvalue weighted by atomic mass is 35.5. The second kappa shape index (κ2) is 7.39. The number of halogens is 1. The van der Waals surface area contributed by atoms with Crippen molar-refractivity contribution in [3.05, 3.63) is 70.9 Å². The molecule has 2 aromatic heterocycles. The van der Waals surface area contributed by atoms with Crippen LogP contribution in [0.4, 0.5) is 0 Å². The van der Waals surface area contributed by atoms with E-state index in [0.29, 0.717) is 22.6 Å². The van der Waals surface area contributed by atoms with Crippen LogP contribution in [0, 0.1) is 0 Å². The molecule has 0 radical (unpaired) electrons. The standard InChI is InChI=1S/C18H12ClN3OS2/c19-14-9-5-4-8-13(14)17-22-21-16(23-17)11-25-18-20-15(10-24-18)12-6-2-1-3-7-12/h1-10H,11H2. The van der Waals surface area contributed by atoms with E-state index in [0.717, 1.165) is 21.2 Å². The van der Waals surface area contributed by atoms with E-state index in [4.69, 9.17) is 16.0 Å². The number of hydrogen-bond acceptors (Lipinski definition) is 6. The van der Waals surface area contributed by atoms with Gasteiger partial charge in [0.15, 0.2) is 4.34 Å². The fraction of sp³-hybridized carbons (Fsp3) is 0.0556. The molecule has 124 valence electrons. The van der Waals surface area contributed by atoms with Crippen molar-refractivity contribution in [2.24, 2.45) is 0 Å². The Morgan fingerprint density at radius 3 is 2.64 bits per heavy atom. The van der Waals surface area contributed by atoms with Crippen molar-refractivity contribution < 1.29 is 4.42 Å². The summed E-state index contributed by atoms with van der Waals surface area (Å²) < 4.78 is 6.68. The number of thiazole rings is 1. The summed E-state index contributed by atoms with van der Waals surface area (Å²) in [5.41, 5.74) is 2.84. The lowest BCUT2D eigenvalue weighted by atomic mass is 10.2. The average molecular weight is 386 g/mol. The first-order valence-corrected chi connectivity index (χ1v) is 9.75. The van der Waals surface area contributed by atoms with Crippen molar-refractivity contribution in [2.75, 3.05) is 0 Å². The minimum atomic E-state index is 0.435. The number of hydrogen-bond donors (Lipinski definition) is 0. The summed E-state index contributed by atoms with van der Waals surface area (Å²) >= 11 is 9.35. The summed E-state index contributed by atoms with van der Waals surface area (Å²) in [6.45, 7) is 0. The molecule has 4 aromatic rings. The zero-order valence-electron chi connectivity index (χ0n) is 12.9. The summed E-state index contributed by atoms with van der Waals surface area (Å²) in [5, 5.41) is 10.8. The highest BCUT2D eigenvalue weighted by molar-refractivity contribution is 8.00. The van der Waals surface area contributed by atoms with Gasteiger partial charge in [-0.3, -0.25) is 0 Å². The molecule has 2 aromatic carbocycles. The summed E-state index contributed by atoms with van der Waals surface area (Å²) in [6.07, 6.45) is 0. The molecule has 2 heterocycles. The highest BCUT2D eigenvalue weighted by Crippen LogP contribution is 2.31. The highest BCUT2D eigenvalue weighted by Gasteiger charge is 2.12. The molecule has 4 nitrogen and oxygen atoms in total. The smallest absolute Gasteiger partial charge is 0.249 e. The Morgan fingerprint density at radius 1 is 1.00 bits per heavy atom. The Hall–Kier alpha value is -2.15. The zero-order valence-corrected chi connectivity index (χ0v) is 15.3. The van der Waals surface area contributed by atoms with Crippen LogP contribution in [-0.2, 0) is 5.75 Å². The number of nitrogens with zero attached hydrogens (tertiary/aromatic N) is 3. The average Bonchev–Trinajstić information content (AvgIpc) is 3.31. The Kier molecular flexibility index (Phi) is 4.83. The van der Waals surface area contributed by atoms with Gasteiger partial charge in [-0.1, -0.05) is 65.8 Å². The molecule has 25 heavy (non-hydrogen) atoms. The second-order valence-electron chi connectivity index (χ2n) is 5.13. The molecule has 0 amide bonds. The topological polar surface area (TPSA) is 51.8 Å². The monoisotopic (exact) mass is 385 g/mol. The third kappa shape index (κ3) is 3.76. The number of benzene rings is 2. The Balaban J connectivity index is 1.44. The maximum Gasteiger partial charge on any atom is 0.249 e. The van der Waals surface area contributed by atoms with Gasteiger partial charge in [0.1, 0.15) is 0 Å². The summed E-state index contributed by atoms with van der Waals surface area (Å²) in [4.78, 5) is 4.65. The third-order valence-electron chi connectivity index (χ3n) is 3.44. The summed E-state index contributed by atoms with van der Waals surface area (Å²) in [7, 11) is 0. The lowest BCUT2D eigenvalue weighted by molar-refractivity contribution is 0.528. The SMILES string of the molecule is Clc1ccccc1-c1nnc(CSc2nc(-c3ccccc3)cs2)o1. The van der Waals surface area contributed by atoms with Gasteiger partial charge in [0.25, 0.3) is 0 Å². The Labute approximate surface area is 157 Å². The molecule has 0 N–H and O–H groups in total. The zero-order chi connectivity index (χ0) is 17.1. The van der Waals surface area contributed by atoms with Crippen LogP contribution in [-0.4, -0.2) is 15.2 Å². The maximum atomic E-state index is 6.16. The second-order valence-corrected chi connectivity index (χ2v) is 7.62. The van der Waals surface area contributed by atoms with E-state index >= 15 is 0 Å². The molecule has 0 saturated carbocycles. The number of thioether (sulfide) groups is 1. The van der Waals surface area contributed by atoms with Crippen molar-refractivity contribution >= 4 is 34.7 Å². The van der Waals surface area contributed by atoms with Crippen LogP contribution < -0.4 is 0 Å². The van der Waals surface area contributed by atoms with Gasteiger partial charge in [-0.05, 0) is 12.1 Å². The lowest BCUT2D eigenvalue weighted by Gasteiger charge is -1.97. The normalized spacial score (nSPS) is 10.9. The van der Waals surface area contributed by atoms with Crippen LogP contribution >= 0.6 is 34.7 Å². The molecule has 7 heteroatoms. The first-order valence-electron chi connectivity index (χ1n) is 7.50. The molecule has 0 atom stereocenters. The van der Waals surface area contributed by atoms with Crippen molar-refractivity contribution in [2.45, 2.75) is 10.1 Å². The van der Waals surface area contributed by atoms with Crippen LogP contribution in [0.25, 0.3) is 22.7 Å². The van der Waals surface area contributed by atoms with Gasteiger partial charge in [-0.15, -0.1) is 21.5 Å².